The van der Waals surface area contributed by atoms with Crippen molar-refractivity contribution in [2.24, 2.45) is 0 Å². The van der Waals surface area contributed by atoms with Gasteiger partial charge in [-0.05, 0) is 19.9 Å². The van der Waals surface area contributed by atoms with E-state index >= 15 is 0 Å². The SMILES string of the molecule is COc1ccccc1C(C)NC(=O)c1cc([N+](=O)[O-])cc([N+](=O)[O-])c1C. The quantitative estimate of drug-likeness (QED) is 0.623. The highest BCUT2D eigenvalue weighted by atomic mass is 16.6. The third kappa shape index (κ3) is 3.77. The molecule has 2 aromatic rings. The molecule has 9 heteroatoms. The molecular formula is C17H17N3O6. The van der Waals surface area contributed by atoms with E-state index < -0.39 is 33.2 Å². The molecule has 26 heavy (non-hydrogen) atoms. The van der Waals surface area contributed by atoms with Gasteiger partial charge in [-0.15, -0.1) is 0 Å². The van der Waals surface area contributed by atoms with Crippen LogP contribution in [0.15, 0.2) is 36.4 Å². The van der Waals surface area contributed by atoms with Crippen LogP contribution in [0.5, 0.6) is 5.75 Å². The monoisotopic (exact) mass is 359 g/mol. The standard InChI is InChI=1S/C17H17N3O6/c1-10-14(8-12(19(22)23)9-15(10)20(24)25)17(21)18-11(2)13-6-4-5-7-16(13)26-3/h4-9,11H,1-3H3,(H,18,21). The van der Waals surface area contributed by atoms with E-state index in [4.69, 9.17) is 4.74 Å². The normalized spacial score (nSPS) is 11.5. The third-order valence-corrected chi connectivity index (χ3v) is 3.97. The highest BCUT2D eigenvalue weighted by molar-refractivity contribution is 5.97. The Morgan fingerprint density at radius 2 is 1.81 bits per heavy atom. The Labute approximate surface area is 148 Å². The van der Waals surface area contributed by atoms with Crippen molar-refractivity contribution in [2.75, 3.05) is 7.11 Å². The first kappa shape index (κ1) is 18.8. The van der Waals surface area contributed by atoms with Gasteiger partial charge in [0.25, 0.3) is 17.3 Å². The lowest BCUT2D eigenvalue weighted by Gasteiger charge is -2.17. The number of benzene rings is 2. The fourth-order valence-corrected chi connectivity index (χ4v) is 2.59. The van der Waals surface area contributed by atoms with Gasteiger partial charge < -0.3 is 10.1 Å². The van der Waals surface area contributed by atoms with Crippen LogP contribution in [0.3, 0.4) is 0 Å². The fraction of sp³-hybridized carbons (Fsp3) is 0.235. The van der Waals surface area contributed by atoms with Crippen LogP contribution in [0.25, 0.3) is 0 Å². The average Bonchev–Trinajstić information content (AvgIpc) is 2.61. The highest BCUT2D eigenvalue weighted by Crippen LogP contribution is 2.29. The molecule has 2 rings (SSSR count). The second-order valence-corrected chi connectivity index (χ2v) is 5.59. The van der Waals surface area contributed by atoms with Crippen LogP contribution >= 0.6 is 0 Å². The van der Waals surface area contributed by atoms with E-state index in [1.165, 1.54) is 14.0 Å². The predicted molar refractivity (Wildman–Crippen MR) is 93.4 cm³/mol. The molecule has 1 N–H and O–H groups in total. The fourth-order valence-electron chi connectivity index (χ4n) is 2.59. The molecule has 0 fully saturated rings. The lowest BCUT2D eigenvalue weighted by Crippen LogP contribution is -2.27. The maximum atomic E-state index is 12.6. The number of nitro groups is 2. The average molecular weight is 359 g/mol. The third-order valence-electron chi connectivity index (χ3n) is 3.97. The first-order valence-corrected chi connectivity index (χ1v) is 7.63. The van der Waals surface area contributed by atoms with Crippen molar-refractivity contribution in [1.29, 1.82) is 0 Å². The highest BCUT2D eigenvalue weighted by Gasteiger charge is 2.25. The number of carbonyl (C=O) groups excluding carboxylic acids is 1. The predicted octanol–water partition coefficient (Wildman–Crippen LogP) is 3.31. The Hall–Kier alpha value is -3.49. The van der Waals surface area contributed by atoms with Crippen molar-refractivity contribution < 1.29 is 19.4 Å². The molecule has 0 aliphatic carbocycles. The van der Waals surface area contributed by atoms with Crippen molar-refractivity contribution in [2.45, 2.75) is 19.9 Å². The summed E-state index contributed by atoms with van der Waals surface area (Å²) >= 11 is 0. The summed E-state index contributed by atoms with van der Waals surface area (Å²) in [5.41, 5.74) is -0.342. The zero-order valence-electron chi connectivity index (χ0n) is 14.4. The Kier molecular flexibility index (Phi) is 5.51. The van der Waals surface area contributed by atoms with E-state index in [1.807, 2.05) is 0 Å². The molecule has 0 aliphatic heterocycles. The van der Waals surface area contributed by atoms with Crippen LogP contribution in [0, 0.1) is 27.2 Å². The second kappa shape index (κ2) is 7.60. The summed E-state index contributed by atoms with van der Waals surface area (Å²) in [6.07, 6.45) is 0. The molecule has 1 atom stereocenters. The lowest BCUT2D eigenvalue weighted by atomic mass is 10.0. The smallest absolute Gasteiger partial charge is 0.279 e. The molecule has 1 amide bonds. The van der Waals surface area contributed by atoms with E-state index in [-0.39, 0.29) is 11.1 Å². The van der Waals surface area contributed by atoms with Gasteiger partial charge in [0.15, 0.2) is 0 Å². The summed E-state index contributed by atoms with van der Waals surface area (Å²) in [5.74, 6) is -0.0743. The van der Waals surface area contributed by atoms with Gasteiger partial charge in [-0.2, -0.15) is 0 Å². The molecule has 0 saturated carbocycles. The van der Waals surface area contributed by atoms with Crippen molar-refractivity contribution in [1.82, 2.24) is 5.32 Å². The van der Waals surface area contributed by atoms with Gasteiger partial charge >= 0.3 is 0 Å². The van der Waals surface area contributed by atoms with Crippen molar-refractivity contribution in [3.63, 3.8) is 0 Å². The van der Waals surface area contributed by atoms with Crippen LogP contribution in [0.1, 0.15) is 34.5 Å². The molecule has 0 saturated heterocycles. The van der Waals surface area contributed by atoms with Crippen LogP contribution < -0.4 is 10.1 Å². The zero-order valence-corrected chi connectivity index (χ0v) is 14.4. The number of ether oxygens (including phenoxy) is 1. The molecule has 136 valence electrons. The van der Waals surface area contributed by atoms with Crippen LogP contribution in [-0.2, 0) is 0 Å². The lowest BCUT2D eigenvalue weighted by molar-refractivity contribution is -0.394. The number of rotatable bonds is 6. The Balaban J connectivity index is 2.40. The maximum Gasteiger partial charge on any atom is 0.279 e. The van der Waals surface area contributed by atoms with E-state index in [2.05, 4.69) is 5.32 Å². The number of nitrogens with one attached hydrogen (secondary N) is 1. The van der Waals surface area contributed by atoms with E-state index in [1.54, 1.807) is 31.2 Å². The van der Waals surface area contributed by atoms with Gasteiger partial charge in [0, 0.05) is 17.2 Å². The van der Waals surface area contributed by atoms with Gasteiger partial charge in [0.2, 0.25) is 0 Å². The molecule has 0 bridgehead atoms. The minimum Gasteiger partial charge on any atom is -0.496 e. The Morgan fingerprint density at radius 1 is 1.15 bits per heavy atom. The van der Waals surface area contributed by atoms with Gasteiger partial charge in [-0.25, -0.2) is 0 Å². The summed E-state index contributed by atoms with van der Waals surface area (Å²) in [4.78, 5) is 33.2. The first-order valence-electron chi connectivity index (χ1n) is 7.63. The maximum absolute atomic E-state index is 12.6. The second-order valence-electron chi connectivity index (χ2n) is 5.59. The van der Waals surface area contributed by atoms with Crippen molar-refractivity contribution in [3.05, 3.63) is 73.3 Å². The zero-order chi connectivity index (χ0) is 19.4. The molecule has 0 heterocycles. The van der Waals surface area contributed by atoms with Crippen LogP contribution in [0.4, 0.5) is 11.4 Å². The summed E-state index contributed by atoms with van der Waals surface area (Å²) in [6.45, 7) is 3.10. The van der Waals surface area contributed by atoms with E-state index in [9.17, 15) is 25.0 Å². The number of hydrogen-bond acceptors (Lipinski definition) is 6. The summed E-state index contributed by atoms with van der Waals surface area (Å²) in [7, 11) is 1.50. The molecule has 0 aliphatic rings. The number of carbonyl (C=O) groups is 1. The largest absolute Gasteiger partial charge is 0.496 e. The minimum atomic E-state index is -0.771. The number of hydrogen-bond donors (Lipinski definition) is 1. The Morgan fingerprint density at radius 3 is 2.38 bits per heavy atom. The molecule has 2 aromatic carbocycles. The van der Waals surface area contributed by atoms with Crippen LogP contribution in [0.2, 0.25) is 0 Å². The van der Waals surface area contributed by atoms with Crippen LogP contribution in [-0.4, -0.2) is 22.9 Å². The van der Waals surface area contributed by atoms with Gasteiger partial charge in [0.1, 0.15) is 5.75 Å². The molecule has 1 unspecified atom stereocenters. The van der Waals surface area contributed by atoms with Gasteiger partial charge in [0.05, 0.1) is 34.6 Å². The summed E-state index contributed by atoms with van der Waals surface area (Å²) in [5, 5.41) is 24.9. The van der Waals surface area contributed by atoms with Gasteiger partial charge in [-0.1, -0.05) is 18.2 Å². The topological polar surface area (TPSA) is 125 Å². The number of amides is 1. The molecule has 0 aromatic heterocycles. The molecule has 0 radical (unpaired) electrons. The number of methoxy groups -OCH3 is 1. The van der Waals surface area contributed by atoms with Crippen molar-refractivity contribution >= 4 is 17.3 Å². The van der Waals surface area contributed by atoms with E-state index in [0.717, 1.165) is 12.1 Å². The van der Waals surface area contributed by atoms with Gasteiger partial charge in [-0.3, -0.25) is 25.0 Å². The summed E-state index contributed by atoms with van der Waals surface area (Å²) in [6, 6.07) is 8.47. The number of non-ortho nitro benzene ring substituents is 1. The van der Waals surface area contributed by atoms with E-state index in [0.29, 0.717) is 11.3 Å². The van der Waals surface area contributed by atoms with Crippen molar-refractivity contribution in [3.8, 4) is 5.75 Å². The number of nitrogens with zero attached hydrogens (tertiary/aromatic N) is 2. The first-order chi connectivity index (χ1) is 12.3. The molecule has 9 nitrogen and oxygen atoms in total. The minimum absolute atomic E-state index is 0.0605. The number of nitro benzene ring substituents is 2. The number of para-hydroxylation sites is 1. The Bertz CT molecular complexity index is 881. The summed E-state index contributed by atoms with van der Waals surface area (Å²) < 4.78 is 5.25. The molecule has 0 spiro atoms. The molecular weight excluding hydrogens is 342 g/mol.